The van der Waals surface area contributed by atoms with Gasteiger partial charge in [-0.3, -0.25) is 0 Å². The van der Waals surface area contributed by atoms with E-state index in [-0.39, 0.29) is 0 Å². The van der Waals surface area contributed by atoms with E-state index in [0.717, 1.165) is 38.3 Å². The fourth-order valence-corrected chi connectivity index (χ4v) is 2.35. The van der Waals surface area contributed by atoms with Gasteiger partial charge in [-0.25, -0.2) is 9.97 Å². The summed E-state index contributed by atoms with van der Waals surface area (Å²) in [7, 11) is 0. The molecule has 0 unspecified atom stereocenters. The van der Waals surface area contributed by atoms with Crippen molar-refractivity contribution in [3.8, 4) is 0 Å². The molecule has 0 radical (unpaired) electrons. The molecule has 0 saturated carbocycles. The SMILES string of the molecule is CCCN(c1ncnc2c1CNCC2)C(C)C. The Kier molecular flexibility index (Phi) is 3.94. The molecule has 2 rings (SSSR count). The molecule has 0 saturated heterocycles. The molecule has 1 N–H and O–H groups in total. The van der Waals surface area contributed by atoms with Gasteiger partial charge in [0.1, 0.15) is 12.1 Å². The van der Waals surface area contributed by atoms with E-state index in [9.17, 15) is 0 Å². The van der Waals surface area contributed by atoms with Crippen molar-refractivity contribution in [2.75, 3.05) is 18.0 Å². The first kappa shape index (κ1) is 12.3. The summed E-state index contributed by atoms with van der Waals surface area (Å²) < 4.78 is 0. The third-order valence-corrected chi connectivity index (χ3v) is 3.21. The van der Waals surface area contributed by atoms with Crippen LogP contribution in [0.25, 0.3) is 0 Å². The van der Waals surface area contributed by atoms with Gasteiger partial charge in [-0.2, -0.15) is 0 Å². The Balaban J connectivity index is 2.35. The number of aromatic nitrogens is 2. The normalized spacial score (nSPS) is 14.8. The lowest BCUT2D eigenvalue weighted by Crippen LogP contribution is -2.35. The first-order valence-electron chi connectivity index (χ1n) is 6.54. The van der Waals surface area contributed by atoms with Crippen molar-refractivity contribution in [1.82, 2.24) is 15.3 Å². The lowest BCUT2D eigenvalue weighted by molar-refractivity contribution is 0.605. The number of fused-ring (bicyclic) bond motifs is 1. The third kappa shape index (κ3) is 2.57. The number of rotatable bonds is 4. The highest BCUT2D eigenvalue weighted by Crippen LogP contribution is 2.24. The minimum Gasteiger partial charge on any atom is -0.354 e. The van der Waals surface area contributed by atoms with Gasteiger partial charge in [0, 0.05) is 37.7 Å². The average Bonchev–Trinajstić information content (AvgIpc) is 2.35. The summed E-state index contributed by atoms with van der Waals surface area (Å²) in [5, 5.41) is 3.41. The van der Waals surface area contributed by atoms with Crippen molar-refractivity contribution in [2.24, 2.45) is 0 Å². The van der Waals surface area contributed by atoms with Crippen molar-refractivity contribution < 1.29 is 0 Å². The van der Waals surface area contributed by atoms with Gasteiger partial charge in [0.15, 0.2) is 0 Å². The second kappa shape index (κ2) is 5.45. The second-order valence-electron chi connectivity index (χ2n) is 4.84. The maximum atomic E-state index is 4.51. The van der Waals surface area contributed by atoms with E-state index in [1.807, 2.05) is 0 Å². The van der Waals surface area contributed by atoms with E-state index in [2.05, 4.69) is 41.0 Å². The molecular weight excluding hydrogens is 212 g/mol. The largest absolute Gasteiger partial charge is 0.354 e. The molecule has 1 aliphatic rings. The summed E-state index contributed by atoms with van der Waals surface area (Å²) in [6.45, 7) is 9.64. The molecule has 94 valence electrons. The molecule has 0 fully saturated rings. The molecule has 0 atom stereocenters. The molecule has 4 nitrogen and oxygen atoms in total. The Bertz CT molecular complexity index is 376. The van der Waals surface area contributed by atoms with E-state index in [1.54, 1.807) is 6.33 Å². The van der Waals surface area contributed by atoms with Crippen molar-refractivity contribution in [3.63, 3.8) is 0 Å². The van der Waals surface area contributed by atoms with Gasteiger partial charge < -0.3 is 10.2 Å². The van der Waals surface area contributed by atoms with Crippen LogP contribution in [-0.4, -0.2) is 29.1 Å². The van der Waals surface area contributed by atoms with E-state index in [4.69, 9.17) is 0 Å². The second-order valence-corrected chi connectivity index (χ2v) is 4.84. The van der Waals surface area contributed by atoms with Gasteiger partial charge in [0.05, 0.1) is 5.69 Å². The Morgan fingerprint density at radius 1 is 1.41 bits per heavy atom. The summed E-state index contributed by atoms with van der Waals surface area (Å²) >= 11 is 0. The molecule has 0 spiro atoms. The predicted octanol–water partition coefficient (Wildman–Crippen LogP) is 1.75. The molecule has 1 aliphatic heterocycles. The van der Waals surface area contributed by atoms with Crippen LogP contribution in [0, 0.1) is 0 Å². The lowest BCUT2D eigenvalue weighted by Gasteiger charge is -2.31. The van der Waals surface area contributed by atoms with Crippen LogP contribution in [0.4, 0.5) is 5.82 Å². The average molecular weight is 234 g/mol. The molecule has 17 heavy (non-hydrogen) atoms. The van der Waals surface area contributed by atoms with E-state index in [1.165, 1.54) is 11.3 Å². The maximum Gasteiger partial charge on any atom is 0.136 e. The Morgan fingerprint density at radius 2 is 2.24 bits per heavy atom. The molecule has 0 amide bonds. The summed E-state index contributed by atoms with van der Waals surface area (Å²) in [6, 6.07) is 0.482. The Hall–Kier alpha value is -1.16. The molecule has 0 bridgehead atoms. The van der Waals surface area contributed by atoms with Gasteiger partial charge in [-0.15, -0.1) is 0 Å². The summed E-state index contributed by atoms with van der Waals surface area (Å²) in [5.74, 6) is 1.12. The fraction of sp³-hybridized carbons (Fsp3) is 0.692. The van der Waals surface area contributed by atoms with Crippen LogP contribution in [0.2, 0.25) is 0 Å². The minimum atomic E-state index is 0.482. The monoisotopic (exact) mass is 234 g/mol. The molecule has 0 aliphatic carbocycles. The van der Waals surface area contributed by atoms with E-state index >= 15 is 0 Å². The van der Waals surface area contributed by atoms with Crippen molar-refractivity contribution >= 4 is 5.82 Å². The van der Waals surface area contributed by atoms with Gasteiger partial charge in [-0.1, -0.05) is 6.92 Å². The van der Waals surface area contributed by atoms with Crippen LogP contribution in [0.15, 0.2) is 6.33 Å². The zero-order chi connectivity index (χ0) is 12.3. The standard InChI is InChI=1S/C13H22N4/c1-4-7-17(10(2)3)13-11-8-14-6-5-12(11)15-9-16-13/h9-10,14H,4-8H2,1-3H3. The predicted molar refractivity (Wildman–Crippen MR) is 70.2 cm³/mol. The Labute approximate surface area is 103 Å². The quantitative estimate of drug-likeness (QED) is 0.861. The highest BCUT2D eigenvalue weighted by atomic mass is 15.2. The third-order valence-electron chi connectivity index (χ3n) is 3.21. The van der Waals surface area contributed by atoms with Crippen molar-refractivity contribution in [2.45, 2.75) is 46.2 Å². The number of nitrogens with one attached hydrogen (secondary N) is 1. The zero-order valence-electron chi connectivity index (χ0n) is 11.0. The van der Waals surface area contributed by atoms with Gasteiger partial charge >= 0.3 is 0 Å². The van der Waals surface area contributed by atoms with Crippen LogP contribution < -0.4 is 10.2 Å². The van der Waals surface area contributed by atoms with Crippen molar-refractivity contribution in [1.29, 1.82) is 0 Å². The molecule has 4 heteroatoms. The molecule has 0 aromatic carbocycles. The Morgan fingerprint density at radius 3 is 2.94 bits per heavy atom. The molecular formula is C13H22N4. The van der Waals surface area contributed by atoms with Gasteiger partial charge in [-0.05, 0) is 20.3 Å². The minimum absolute atomic E-state index is 0.482. The summed E-state index contributed by atoms with van der Waals surface area (Å²) in [4.78, 5) is 11.3. The zero-order valence-corrected chi connectivity index (χ0v) is 11.0. The van der Waals surface area contributed by atoms with E-state index in [0.29, 0.717) is 6.04 Å². The first-order valence-corrected chi connectivity index (χ1v) is 6.54. The molecule has 1 aromatic rings. The van der Waals surface area contributed by atoms with Crippen molar-refractivity contribution in [3.05, 3.63) is 17.6 Å². The maximum absolute atomic E-state index is 4.51. The fourth-order valence-electron chi connectivity index (χ4n) is 2.35. The number of hydrogen-bond acceptors (Lipinski definition) is 4. The molecule has 2 heterocycles. The first-order chi connectivity index (χ1) is 8.24. The lowest BCUT2D eigenvalue weighted by atomic mass is 10.1. The van der Waals surface area contributed by atoms with Crippen LogP contribution >= 0.6 is 0 Å². The van der Waals surface area contributed by atoms with Gasteiger partial charge in [0.25, 0.3) is 0 Å². The number of nitrogens with zero attached hydrogens (tertiary/aromatic N) is 3. The number of anilines is 1. The number of hydrogen-bond donors (Lipinski definition) is 1. The highest BCUT2D eigenvalue weighted by Gasteiger charge is 2.20. The molecule has 1 aromatic heterocycles. The van der Waals surface area contributed by atoms with Gasteiger partial charge in [0.2, 0.25) is 0 Å². The van der Waals surface area contributed by atoms with Crippen LogP contribution in [0.3, 0.4) is 0 Å². The highest BCUT2D eigenvalue weighted by molar-refractivity contribution is 5.50. The van der Waals surface area contributed by atoms with Crippen LogP contribution in [-0.2, 0) is 13.0 Å². The van der Waals surface area contributed by atoms with Crippen LogP contribution in [0.5, 0.6) is 0 Å². The smallest absolute Gasteiger partial charge is 0.136 e. The summed E-state index contributed by atoms with van der Waals surface area (Å²) in [5.41, 5.74) is 2.51. The van der Waals surface area contributed by atoms with E-state index < -0.39 is 0 Å². The topological polar surface area (TPSA) is 41.1 Å². The van der Waals surface area contributed by atoms with Crippen LogP contribution in [0.1, 0.15) is 38.4 Å². The summed E-state index contributed by atoms with van der Waals surface area (Å²) in [6.07, 6.45) is 3.87.